The molecule has 0 amide bonds. The zero-order chi connectivity index (χ0) is 13.7. The van der Waals surface area contributed by atoms with Crippen molar-refractivity contribution in [2.75, 3.05) is 12.3 Å². The van der Waals surface area contributed by atoms with Crippen LogP contribution in [0.3, 0.4) is 0 Å². The number of aromatic nitrogens is 1. The number of nitrogens with two attached hydrogens (primary N) is 1. The Labute approximate surface area is 108 Å². The molecule has 7 heteroatoms. The van der Waals surface area contributed by atoms with Gasteiger partial charge in [-0.3, -0.25) is 0 Å². The van der Waals surface area contributed by atoms with Crippen molar-refractivity contribution in [3.05, 3.63) is 29.1 Å². The molecule has 4 N–H and O–H groups in total. The van der Waals surface area contributed by atoms with Crippen LogP contribution in [0, 0.1) is 0 Å². The quantitative estimate of drug-likeness (QED) is 0.712. The molecule has 0 aliphatic rings. The Morgan fingerprint density at radius 1 is 1.44 bits per heavy atom. The predicted molar refractivity (Wildman–Crippen MR) is 68.1 cm³/mol. The Morgan fingerprint density at radius 3 is 2.61 bits per heavy atom. The van der Waals surface area contributed by atoms with Crippen LogP contribution < -0.4 is 5.73 Å². The van der Waals surface area contributed by atoms with Crippen LogP contribution >= 0.6 is 11.8 Å². The molecule has 1 heterocycles. The molecule has 18 heavy (non-hydrogen) atoms. The molecule has 1 aromatic rings. The van der Waals surface area contributed by atoms with Crippen LogP contribution in [0.15, 0.2) is 12.3 Å². The standard InChI is InChI=1S/C11H14N2O4S/c1-6(18-3-2-12)7-4-8(10(14)15)9(11(16)17)13-5-7/h4-6H,2-3,12H2,1H3,(H,14,15)(H,16,17). The minimum absolute atomic E-state index is 0.0157. The largest absolute Gasteiger partial charge is 0.478 e. The zero-order valence-corrected chi connectivity index (χ0v) is 10.6. The van der Waals surface area contributed by atoms with Gasteiger partial charge in [-0.1, -0.05) is 0 Å². The maximum Gasteiger partial charge on any atom is 0.355 e. The van der Waals surface area contributed by atoms with Crippen LogP contribution in [-0.4, -0.2) is 39.4 Å². The predicted octanol–water partition coefficient (Wildman–Crippen LogP) is 1.23. The third-order valence-electron chi connectivity index (χ3n) is 2.30. The van der Waals surface area contributed by atoms with Gasteiger partial charge >= 0.3 is 11.9 Å². The Kier molecular flexibility index (Phi) is 5.11. The van der Waals surface area contributed by atoms with Crippen LogP contribution in [0.5, 0.6) is 0 Å². The number of carbonyl (C=O) groups is 2. The van der Waals surface area contributed by atoms with Crippen LogP contribution in [-0.2, 0) is 0 Å². The topological polar surface area (TPSA) is 114 Å². The number of aromatic carboxylic acids is 2. The van der Waals surface area contributed by atoms with Gasteiger partial charge in [0.15, 0.2) is 5.69 Å². The highest BCUT2D eigenvalue weighted by atomic mass is 32.2. The second-order valence-corrected chi connectivity index (χ2v) is 5.03. The van der Waals surface area contributed by atoms with E-state index in [0.29, 0.717) is 12.1 Å². The lowest BCUT2D eigenvalue weighted by Crippen LogP contribution is -2.12. The number of thioether (sulfide) groups is 1. The fraction of sp³-hybridized carbons (Fsp3) is 0.364. The summed E-state index contributed by atoms with van der Waals surface area (Å²) in [5, 5.41) is 17.8. The molecular formula is C11H14N2O4S. The smallest absolute Gasteiger partial charge is 0.355 e. The molecule has 0 bridgehead atoms. The molecule has 1 unspecified atom stereocenters. The van der Waals surface area contributed by atoms with Gasteiger partial charge in [-0.25, -0.2) is 14.6 Å². The summed E-state index contributed by atoms with van der Waals surface area (Å²) in [6.07, 6.45) is 1.39. The average Bonchev–Trinajstić information content (AvgIpc) is 2.34. The van der Waals surface area contributed by atoms with Crippen molar-refractivity contribution in [1.82, 2.24) is 4.98 Å². The van der Waals surface area contributed by atoms with E-state index in [1.54, 1.807) is 11.8 Å². The Morgan fingerprint density at radius 2 is 2.11 bits per heavy atom. The maximum absolute atomic E-state index is 11.0. The van der Waals surface area contributed by atoms with Crippen LogP contribution in [0.2, 0.25) is 0 Å². The van der Waals surface area contributed by atoms with Crippen LogP contribution in [0.1, 0.15) is 38.6 Å². The number of hydrogen-bond donors (Lipinski definition) is 3. The third-order valence-corrected chi connectivity index (χ3v) is 3.54. The lowest BCUT2D eigenvalue weighted by Gasteiger charge is -2.12. The first-order chi connectivity index (χ1) is 8.47. The van der Waals surface area contributed by atoms with Crippen LogP contribution in [0.4, 0.5) is 0 Å². The summed E-state index contributed by atoms with van der Waals surface area (Å²) in [6, 6.07) is 1.35. The number of rotatable bonds is 6. The fourth-order valence-corrected chi connectivity index (χ4v) is 2.19. The molecular weight excluding hydrogens is 256 g/mol. The van der Waals surface area contributed by atoms with Gasteiger partial charge in [0, 0.05) is 23.7 Å². The summed E-state index contributed by atoms with van der Waals surface area (Å²) in [5.74, 6) is -1.90. The van der Waals surface area contributed by atoms with Crippen LogP contribution in [0.25, 0.3) is 0 Å². The molecule has 0 saturated carbocycles. The van der Waals surface area contributed by atoms with Crippen molar-refractivity contribution < 1.29 is 19.8 Å². The summed E-state index contributed by atoms with van der Waals surface area (Å²) >= 11 is 1.56. The molecule has 1 aromatic heterocycles. The summed E-state index contributed by atoms with van der Waals surface area (Å²) in [7, 11) is 0. The highest BCUT2D eigenvalue weighted by Gasteiger charge is 2.19. The molecule has 0 fully saturated rings. The Hall–Kier alpha value is -1.60. The number of carboxylic acids is 2. The number of pyridine rings is 1. The molecule has 0 aliphatic carbocycles. The molecule has 1 rings (SSSR count). The lowest BCUT2D eigenvalue weighted by molar-refractivity contribution is 0.0646. The van der Waals surface area contributed by atoms with Gasteiger partial charge < -0.3 is 15.9 Å². The van der Waals surface area contributed by atoms with E-state index in [0.717, 1.165) is 5.75 Å². The molecule has 0 aliphatic heterocycles. The van der Waals surface area contributed by atoms with Gasteiger partial charge in [-0.15, -0.1) is 0 Å². The van der Waals surface area contributed by atoms with Gasteiger partial charge in [0.1, 0.15) is 0 Å². The molecule has 1 atom stereocenters. The van der Waals surface area contributed by atoms with E-state index in [2.05, 4.69) is 4.98 Å². The summed E-state index contributed by atoms with van der Waals surface area (Å²) in [6.45, 7) is 2.42. The SMILES string of the molecule is CC(SCCN)c1cnc(C(=O)O)c(C(=O)O)c1. The lowest BCUT2D eigenvalue weighted by atomic mass is 10.1. The number of hydrogen-bond acceptors (Lipinski definition) is 5. The molecule has 0 saturated heterocycles. The summed E-state index contributed by atoms with van der Waals surface area (Å²) < 4.78 is 0. The van der Waals surface area contributed by atoms with E-state index in [9.17, 15) is 9.59 Å². The highest BCUT2D eigenvalue weighted by molar-refractivity contribution is 7.99. The first-order valence-corrected chi connectivity index (χ1v) is 6.30. The van der Waals surface area contributed by atoms with E-state index in [-0.39, 0.29) is 10.8 Å². The zero-order valence-electron chi connectivity index (χ0n) is 9.79. The molecule has 0 spiro atoms. The van der Waals surface area contributed by atoms with E-state index < -0.39 is 17.6 Å². The monoisotopic (exact) mass is 270 g/mol. The Balaban J connectivity index is 3.07. The normalized spacial score (nSPS) is 12.1. The van der Waals surface area contributed by atoms with Crippen molar-refractivity contribution in [1.29, 1.82) is 0 Å². The average molecular weight is 270 g/mol. The minimum atomic E-state index is -1.35. The van der Waals surface area contributed by atoms with E-state index in [1.807, 2.05) is 6.92 Å². The second-order valence-electron chi connectivity index (χ2n) is 3.58. The first-order valence-electron chi connectivity index (χ1n) is 5.25. The second kappa shape index (κ2) is 6.36. The molecule has 98 valence electrons. The molecule has 6 nitrogen and oxygen atoms in total. The fourth-order valence-electron chi connectivity index (χ4n) is 1.38. The van der Waals surface area contributed by atoms with Gasteiger partial charge in [0.05, 0.1) is 5.56 Å². The van der Waals surface area contributed by atoms with Gasteiger partial charge in [0.2, 0.25) is 0 Å². The van der Waals surface area contributed by atoms with Gasteiger partial charge in [0.25, 0.3) is 0 Å². The van der Waals surface area contributed by atoms with E-state index in [1.165, 1.54) is 12.3 Å². The van der Waals surface area contributed by atoms with Crippen molar-refractivity contribution in [2.45, 2.75) is 12.2 Å². The summed E-state index contributed by atoms with van der Waals surface area (Å²) in [5.41, 5.74) is 5.33. The molecule has 0 aromatic carbocycles. The van der Waals surface area contributed by atoms with Crippen molar-refractivity contribution in [2.24, 2.45) is 5.73 Å². The van der Waals surface area contributed by atoms with Gasteiger partial charge in [-0.05, 0) is 18.6 Å². The van der Waals surface area contributed by atoms with Crippen molar-refractivity contribution in [3.63, 3.8) is 0 Å². The Bertz CT molecular complexity index is 464. The van der Waals surface area contributed by atoms with E-state index in [4.69, 9.17) is 15.9 Å². The van der Waals surface area contributed by atoms with E-state index >= 15 is 0 Å². The van der Waals surface area contributed by atoms with Gasteiger partial charge in [-0.2, -0.15) is 11.8 Å². The minimum Gasteiger partial charge on any atom is -0.478 e. The first kappa shape index (κ1) is 14.5. The van der Waals surface area contributed by atoms with Crippen molar-refractivity contribution >= 4 is 23.7 Å². The maximum atomic E-state index is 11.0. The van der Waals surface area contributed by atoms with Crippen molar-refractivity contribution in [3.8, 4) is 0 Å². The highest BCUT2D eigenvalue weighted by Crippen LogP contribution is 2.28. The molecule has 0 radical (unpaired) electrons. The third kappa shape index (κ3) is 3.44. The summed E-state index contributed by atoms with van der Waals surface area (Å²) in [4.78, 5) is 25.5. The number of carboxylic acid groups (broad SMARTS) is 2. The number of nitrogens with zero attached hydrogens (tertiary/aromatic N) is 1.